The van der Waals surface area contributed by atoms with Crippen LogP contribution in [0.2, 0.25) is 6.04 Å². The summed E-state index contributed by atoms with van der Waals surface area (Å²) >= 11 is 0. The lowest BCUT2D eigenvalue weighted by atomic mass is 9.45. The Balaban J connectivity index is 2.07. The topological polar surface area (TPSA) is 49.5 Å². The van der Waals surface area contributed by atoms with Crippen molar-refractivity contribution in [3.63, 3.8) is 0 Å². The summed E-state index contributed by atoms with van der Waals surface area (Å²) in [6.45, 7) is 18.8. The lowest BCUT2D eigenvalue weighted by Gasteiger charge is -2.60. The van der Waals surface area contributed by atoms with Crippen molar-refractivity contribution in [3.05, 3.63) is 0 Å². The number of epoxide rings is 1. The van der Waals surface area contributed by atoms with Gasteiger partial charge in [0.2, 0.25) is 0 Å². The molecule has 2 saturated heterocycles. The Kier molecular flexibility index (Phi) is 4.52. The minimum absolute atomic E-state index is 0.0194. The largest absolute Gasteiger partial charge is 0.425 e. The van der Waals surface area contributed by atoms with E-state index in [0.29, 0.717) is 0 Å². The highest BCUT2D eigenvalue weighted by Crippen LogP contribution is 2.77. The molecule has 0 N–H and O–H groups in total. The van der Waals surface area contributed by atoms with Gasteiger partial charge in [-0.15, -0.1) is 0 Å². The van der Waals surface area contributed by atoms with Gasteiger partial charge in [-0.1, -0.05) is 48.5 Å². The normalized spacial score (nSPS) is 49.5. The first-order valence-electron chi connectivity index (χ1n) is 9.07. The molecule has 2 atom stereocenters. The maximum Gasteiger partial charge on any atom is 0.355 e. The van der Waals surface area contributed by atoms with Crippen molar-refractivity contribution in [1.29, 1.82) is 0 Å². The Morgan fingerprint density at radius 3 is 1.88 bits per heavy atom. The molecule has 2 unspecified atom stereocenters. The number of hydrogen-bond donors (Lipinski definition) is 0. The average Bonchev–Trinajstić information content (AvgIpc) is 3.05. The van der Waals surface area contributed by atoms with Crippen LogP contribution >= 0.6 is 0 Å². The number of fused-ring (bicyclic) bond motifs is 1. The molecular weight excluding hydrogens is 373 g/mol. The van der Waals surface area contributed by atoms with Gasteiger partial charge >= 0.3 is 8.56 Å². The van der Waals surface area contributed by atoms with E-state index in [0.717, 1.165) is 12.5 Å². The van der Waals surface area contributed by atoms with Crippen LogP contribution in [0.1, 0.15) is 61.8 Å². The minimum atomic E-state index is -2.53. The average molecular weight is 407 g/mol. The van der Waals surface area contributed by atoms with Crippen molar-refractivity contribution < 1.29 is 21.2 Å². The standard InChI is InChI=1S/C15H34O5Si4/c1-9-24(19-22-17-21-18-23-20-24)15-10-11(2,3)12(4,5)13(6,7)14(15,8)16-15/h9-10,21-23H2,1-8H3. The second kappa shape index (κ2) is 5.58. The lowest BCUT2D eigenvalue weighted by Crippen LogP contribution is -2.69. The first-order chi connectivity index (χ1) is 10.9. The zero-order valence-electron chi connectivity index (χ0n) is 16.6. The molecule has 1 aliphatic carbocycles. The summed E-state index contributed by atoms with van der Waals surface area (Å²) in [4.78, 5) is 0. The van der Waals surface area contributed by atoms with Crippen LogP contribution in [0.4, 0.5) is 0 Å². The lowest BCUT2D eigenvalue weighted by molar-refractivity contribution is -0.0858. The third-order valence-corrected chi connectivity index (χ3v) is 18.5. The van der Waals surface area contributed by atoms with Crippen LogP contribution in [-0.2, 0) is 21.2 Å². The number of rotatable bonds is 2. The third kappa shape index (κ3) is 2.13. The predicted molar refractivity (Wildman–Crippen MR) is 104 cm³/mol. The highest BCUT2D eigenvalue weighted by atomic mass is 28.5. The quantitative estimate of drug-likeness (QED) is 0.507. The van der Waals surface area contributed by atoms with E-state index in [1.165, 1.54) is 0 Å². The Morgan fingerprint density at radius 2 is 1.38 bits per heavy atom. The van der Waals surface area contributed by atoms with E-state index in [2.05, 4.69) is 55.4 Å². The van der Waals surface area contributed by atoms with E-state index in [4.69, 9.17) is 21.2 Å². The predicted octanol–water partition coefficient (Wildman–Crippen LogP) is 1.07. The van der Waals surface area contributed by atoms with Crippen LogP contribution in [0.3, 0.4) is 0 Å². The van der Waals surface area contributed by atoms with Crippen molar-refractivity contribution in [3.8, 4) is 0 Å². The molecule has 24 heavy (non-hydrogen) atoms. The molecule has 5 nitrogen and oxygen atoms in total. The maximum atomic E-state index is 6.73. The van der Waals surface area contributed by atoms with Gasteiger partial charge in [-0.3, -0.25) is 0 Å². The van der Waals surface area contributed by atoms with Crippen LogP contribution in [0.15, 0.2) is 0 Å². The van der Waals surface area contributed by atoms with Crippen LogP contribution in [-0.4, -0.2) is 49.4 Å². The molecule has 3 rings (SSSR count). The second-order valence-electron chi connectivity index (χ2n) is 9.43. The molecule has 1 saturated carbocycles. The maximum absolute atomic E-state index is 6.73. The fraction of sp³-hybridized carbons (Fsp3) is 1.00. The number of ether oxygens (including phenoxy) is 1. The zero-order chi connectivity index (χ0) is 18.1. The van der Waals surface area contributed by atoms with Crippen LogP contribution in [0.5, 0.6) is 0 Å². The molecule has 0 amide bonds. The van der Waals surface area contributed by atoms with Gasteiger partial charge in [0, 0.05) is 5.41 Å². The van der Waals surface area contributed by atoms with Crippen LogP contribution in [0, 0.1) is 16.2 Å². The first-order valence-corrected chi connectivity index (χ1v) is 14.6. The van der Waals surface area contributed by atoms with E-state index in [1.807, 2.05) is 0 Å². The van der Waals surface area contributed by atoms with Crippen molar-refractivity contribution >= 4 is 38.6 Å². The molecule has 3 fully saturated rings. The molecule has 3 aliphatic rings. The van der Waals surface area contributed by atoms with Gasteiger partial charge in [-0.25, -0.2) is 0 Å². The molecule has 140 valence electrons. The summed E-state index contributed by atoms with van der Waals surface area (Å²) in [6, 6.07) is 0.906. The summed E-state index contributed by atoms with van der Waals surface area (Å²) < 4.78 is 31.2. The van der Waals surface area contributed by atoms with Gasteiger partial charge in [0.05, 0.1) is 0 Å². The van der Waals surface area contributed by atoms with Crippen molar-refractivity contribution in [2.45, 2.75) is 78.7 Å². The first kappa shape index (κ1) is 19.4. The summed E-state index contributed by atoms with van der Waals surface area (Å²) in [5.74, 6) is 0. The van der Waals surface area contributed by atoms with Crippen molar-refractivity contribution in [2.24, 2.45) is 16.2 Å². The molecule has 0 bridgehead atoms. The molecule has 0 aromatic carbocycles. The smallest absolute Gasteiger partial charge is 0.355 e. The summed E-state index contributed by atoms with van der Waals surface area (Å²) in [5.41, 5.74) is 0.0943. The van der Waals surface area contributed by atoms with Crippen molar-refractivity contribution in [1.82, 2.24) is 0 Å². The van der Waals surface area contributed by atoms with E-state index in [9.17, 15) is 0 Å². The van der Waals surface area contributed by atoms with E-state index >= 15 is 0 Å². The van der Waals surface area contributed by atoms with Gasteiger partial charge in [0.25, 0.3) is 30.0 Å². The molecular formula is C15H34O5Si4. The van der Waals surface area contributed by atoms with Gasteiger partial charge in [0.15, 0.2) is 0 Å². The minimum Gasteiger partial charge on any atom is -0.425 e. The molecule has 0 spiro atoms. The molecule has 0 aromatic rings. The van der Waals surface area contributed by atoms with Crippen molar-refractivity contribution in [2.75, 3.05) is 0 Å². The van der Waals surface area contributed by atoms with E-state index in [-0.39, 0.29) is 27.1 Å². The monoisotopic (exact) mass is 406 g/mol. The fourth-order valence-corrected chi connectivity index (χ4v) is 18.2. The molecule has 0 radical (unpaired) electrons. The van der Waals surface area contributed by atoms with Gasteiger partial charge < -0.3 is 21.2 Å². The molecule has 9 heteroatoms. The van der Waals surface area contributed by atoms with Crippen LogP contribution in [0.25, 0.3) is 0 Å². The summed E-state index contributed by atoms with van der Waals surface area (Å²) in [5, 5.41) is -0.275. The molecule has 2 aliphatic heterocycles. The Bertz CT molecular complexity index is 518. The zero-order valence-corrected chi connectivity index (χ0v) is 21.8. The summed E-state index contributed by atoms with van der Waals surface area (Å²) in [6.07, 6.45) is 0.993. The Labute approximate surface area is 154 Å². The summed E-state index contributed by atoms with van der Waals surface area (Å²) in [7, 11) is -5.45. The Hall–Kier alpha value is 0.668. The number of hydrogen-bond acceptors (Lipinski definition) is 5. The fourth-order valence-electron chi connectivity index (χ4n) is 5.19. The third-order valence-electron chi connectivity index (χ3n) is 8.24. The Morgan fingerprint density at radius 1 is 0.833 bits per heavy atom. The van der Waals surface area contributed by atoms with Gasteiger partial charge in [-0.05, 0) is 30.2 Å². The second-order valence-corrected chi connectivity index (χ2v) is 18.7. The highest BCUT2D eigenvalue weighted by molar-refractivity contribution is 6.79. The molecule has 0 aromatic heterocycles. The van der Waals surface area contributed by atoms with Gasteiger partial charge in [0.1, 0.15) is 10.8 Å². The molecule has 2 heterocycles. The highest BCUT2D eigenvalue weighted by Gasteiger charge is 2.88. The van der Waals surface area contributed by atoms with Gasteiger partial charge in [-0.2, -0.15) is 0 Å². The van der Waals surface area contributed by atoms with Crippen LogP contribution < -0.4 is 0 Å². The van der Waals surface area contributed by atoms with E-state index < -0.39 is 38.6 Å². The SMILES string of the molecule is CC[Si]1(C23CC(C)(C)C(C)(C)C(C)(C)C2(C)O3)O[SiH2]O[SiH2]O[SiH2]O1. The van der Waals surface area contributed by atoms with E-state index in [1.54, 1.807) is 0 Å².